The molecule has 7 heteroatoms. The van der Waals surface area contributed by atoms with Gasteiger partial charge in [-0.2, -0.15) is 9.78 Å². The third-order valence-electron chi connectivity index (χ3n) is 3.05. The van der Waals surface area contributed by atoms with Crippen molar-refractivity contribution in [2.24, 2.45) is 0 Å². The van der Waals surface area contributed by atoms with E-state index in [4.69, 9.17) is 9.47 Å². The van der Waals surface area contributed by atoms with Crippen LogP contribution in [0.25, 0.3) is 5.69 Å². The van der Waals surface area contributed by atoms with Crippen molar-refractivity contribution >= 4 is 5.97 Å². The first-order valence-corrected chi connectivity index (χ1v) is 6.43. The average Bonchev–Trinajstić information content (AvgIpc) is 2.55. The zero-order chi connectivity index (χ0) is 16.3. The van der Waals surface area contributed by atoms with Gasteiger partial charge in [-0.3, -0.25) is 4.79 Å². The molecule has 0 bridgehead atoms. The van der Waals surface area contributed by atoms with Gasteiger partial charge >= 0.3 is 5.97 Å². The summed E-state index contributed by atoms with van der Waals surface area (Å²) in [6, 6.07) is 6.30. The van der Waals surface area contributed by atoms with Gasteiger partial charge in [-0.15, -0.1) is 0 Å². The minimum atomic E-state index is -0.704. The van der Waals surface area contributed by atoms with Crippen molar-refractivity contribution in [3.63, 3.8) is 0 Å². The number of aryl methyl sites for hydroxylation is 1. The molecule has 0 fully saturated rings. The molecule has 116 valence electrons. The van der Waals surface area contributed by atoms with Gasteiger partial charge in [-0.1, -0.05) is 0 Å². The number of esters is 1. The van der Waals surface area contributed by atoms with Crippen molar-refractivity contribution < 1.29 is 19.0 Å². The van der Waals surface area contributed by atoms with E-state index in [0.29, 0.717) is 22.9 Å². The molecule has 0 spiro atoms. The predicted molar refractivity (Wildman–Crippen MR) is 79.0 cm³/mol. The largest absolute Gasteiger partial charge is 0.493 e. The fraction of sp³-hybridized carbons (Fsp3) is 0.267. The maximum absolute atomic E-state index is 12.4. The molecule has 1 aromatic carbocycles. The second kappa shape index (κ2) is 6.30. The summed E-state index contributed by atoms with van der Waals surface area (Å²) >= 11 is 0. The van der Waals surface area contributed by atoms with Crippen LogP contribution in [-0.2, 0) is 4.74 Å². The van der Waals surface area contributed by atoms with E-state index in [1.807, 2.05) is 0 Å². The van der Waals surface area contributed by atoms with Crippen LogP contribution in [0.3, 0.4) is 0 Å². The Bertz CT molecular complexity index is 767. The zero-order valence-corrected chi connectivity index (χ0v) is 12.7. The van der Waals surface area contributed by atoms with Crippen LogP contribution < -0.4 is 15.0 Å². The van der Waals surface area contributed by atoms with Crippen LogP contribution in [-0.4, -0.2) is 37.1 Å². The summed E-state index contributed by atoms with van der Waals surface area (Å²) in [5.74, 6) is 0.277. The van der Waals surface area contributed by atoms with E-state index in [2.05, 4.69) is 9.84 Å². The number of aromatic nitrogens is 2. The lowest BCUT2D eigenvalue weighted by atomic mass is 10.2. The van der Waals surface area contributed by atoms with E-state index >= 15 is 0 Å². The molecule has 1 heterocycles. The molecule has 0 saturated carbocycles. The van der Waals surface area contributed by atoms with Gasteiger partial charge < -0.3 is 14.2 Å². The second-order valence-corrected chi connectivity index (χ2v) is 4.45. The predicted octanol–water partition coefficient (Wildman–Crippen LogP) is 1.34. The smallest absolute Gasteiger partial charge is 0.343 e. The summed E-state index contributed by atoms with van der Waals surface area (Å²) in [4.78, 5) is 24.1. The van der Waals surface area contributed by atoms with Crippen molar-refractivity contribution in [1.82, 2.24) is 9.78 Å². The van der Waals surface area contributed by atoms with Crippen molar-refractivity contribution in [2.45, 2.75) is 6.92 Å². The quantitative estimate of drug-likeness (QED) is 0.793. The zero-order valence-electron chi connectivity index (χ0n) is 12.7. The number of carbonyl (C=O) groups excluding carboxylic acids is 1. The highest BCUT2D eigenvalue weighted by atomic mass is 16.5. The molecule has 0 aliphatic rings. The summed E-state index contributed by atoms with van der Waals surface area (Å²) < 4.78 is 16.1. The minimum absolute atomic E-state index is 0.0789. The van der Waals surface area contributed by atoms with Crippen molar-refractivity contribution in [1.29, 1.82) is 0 Å². The molecule has 0 unspecified atom stereocenters. The third-order valence-corrected chi connectivity index (χ3v) is 3.05. The molecule has 22 heavy (non-hydrogen) atoms. The Morgan fingerprint density at radius 3 is 2.36 bits per heavy atom. The number of nitrogens with zero attached hydrogens (tertiary/aromatic N) is 2. The summed E-state index contributed by atoms with van der Waals surface area (Å²) in [7, 11) is 4.23. The van der Waals surface area contributed by atoms with Crippen LogP contribution >= 0.6 is 0 Å². The number of carbonyl (C=O) groups is 1. The first-order valence-electron chi connectivity index (χ1n) is 6.43. The summed E-state index contributed by atoms with van der Waals surface area (Å²) in [6.45, 7) is 1.68. The van der Waals surface area contributed by atoms with Gasteiger partial charge in [0, 0.05) is 6.07 Å². The maximum atomic E-state index is 12.4. The molecule has 0 saturated heterocycles. The van der Waals surface area contributed by atoms with Crippen LogP contribution in [0, 0.1) is 6.92 Å². The molecule has 0 radical (unpaired) electrons. The Morgan fingerprint density at radius 2 is 1.77 bits per heavy atom. The highest BCUT2D eigenvalue weighted by molar-refractivity contribution is 5.89. The highest BCUT2D eigenvalue weighted by Gasteiger charge is 2.16. The Morgan fingerprint density at radius 1 is 1.09 bits per heavy atom. The van der Waals surface area contributed by atoms with E-state index in [0.717, 1.165) is 4.68 Å². The van der Waals surface area contributed by atoms with E-state index in [1.165, 1.54) is 27.4 Å². The third kappa shape index (κ3) is 2.78. The fourth-order valence-electron chi connectivity index (χ4n) is 2.00. The molecular weight excluding hydrogens is 288 g/mol. The van der Waals surface area contributed by atoms with Crippen LogP contribution in [0.5, 0.6) is 11.5 Å². The maximum Gasteiger partial charge on any atom is 0.343 e. The SMILES string of the molecule is COC(=O)c1cc(C)nn(-c2ccc(OC)c(OC)c2)c1=O. The Hall–Kier alpha value is -2.83. The normalized spacial score (nSPS) is 10.2. The second-order valence-electron chi connectivity index (χ2n) is 4.45. The number of benzene rings is 1. The molecule has 0 amide bonds. The number of rotatable bonds is 4. The molecule has 0 N–H and O–H groups in total. The first kappa shape index (κ1) is 15.6. The van der Waals surface area contributed by atoms with Gasteiger partial charge in [0.1, 0.15) is 5.56 Å². The molecule has 2 aromatic rings. The van der Waals surface area contributed by atoms with Gasteiger partial charge in [0.2, 0.25) is 0 Å². The Labute approximate surface area is 127 Å². The van der Waals surface area contributed by atoms with E-state index in [-0.39, 0.29) is 5.56 Å². The van der Waals surface area contributed by atoms with E-state index < -0.39 is 11.5 Å². The lowest BCUT2D eigenvalue weighted by Gasteiger charge is -2.11. The lowest BCUT2D eigenvalue weighted by molar-refractivity contribution is 0.0597. The van der Waals surface area contributed by atoms with E-state index in [9.17, 15) is 9.59 Å². The highest BCUT2D eigenvalue weighted by Crippen LogP contribution is 2.28. The molecule has 0 aliphatic heterocycles. The van der Waals surface area contributed by atoms with Gasteiger partial charge in [0.25, 0.3) is 5.56 Å². The molecule has 0 aliphatic carbocycles. The lowest BCUT2D eigenvalue weighted by Crippen LogP contribution is -2.28. The summed E-state index contributed by atoms with van der Waals surface area (Å²) in [5, 5.41) is 4.15. The number of methoxy groups -OCH3 is 3. The molecule has 7 nitrogen and oxygen atoms in total. The van der Waals surface area contributed by atoms with Crippen LogP contribution in [0.4, 0.5) is 0 Å². The van der Waals surface area contributed by atoms with Gasteiger partial charge in [-0.05, 0) is 25.1 Å². The summed E-state index contributed by atoms with van der Waals surface area (Å²) in [6.07, 6.45) is 0. The van der Waals surface area contributed by atoms with Crippen molar-refractivity contribution in [2.75, 3.05) is 21.3 Å². The van der Waals surface area contributed by atoms with Crippen LogP contribution in [0.2, 0.25) is 0 Å². The van der Waals surface area contributed by atoms with Gasteiger partial charge in [0.15, 0.2) is 11.5 Å². The summed E-state index contributed by atoms with van der Waals surface area (Å²) in [5.41, 5.74) is 0.320. The standard InChI is InChI=1S/C15H16N2O5/c1-9-7-11(15(19)22-4)14(18)17(16-9)10-5-6-12(20-2)13(8-10)21-3/h5-8H,1-4H3. The van der Waals surface area contributed by atoms with Crippen LogP contribution in [0.1, 0.15) is 16.1 Å². The van der Waals surface area contributed by atoms with E-state index in [1.54, 1.807) is 25.1 Å². The molecule has 0 atom stereocenters. The fourth-order valence-corrected chi connectivity index (χ4v) is 2.00. The van der Waals surface area contributed by atoms with Crippen LogP contribution in [0.15, 0.2) is 29.1 Å². The molecule has 1 aromatic heterocycles. The monoisotopic (exact) mass is 304 g/mol. The van der Waals surface area contributed by atoms with Gasteiger partial charge in [-0.25, -0.2) is 4.79 Å². The van der Waals surface area contributed by atoms with Crippen molar-refractivity contribution in [3.8, 4) is 17.2 Å². The molecule has 2 rings (SSSR count). The number of ether oxygens (including phenoxy) is 3. The topological polar surface area (TPSA) is 79.7 Å². The average molecular weight is 304 g/mol. The first-order chi connectivity index (χ1) is 10.5. The van der Waals surface area contributed by atoms with Gasteiger partial charge in [0.05, 0.1) is 32.7 Å². The Balaban J connectivity index is 2.65. The molecular formula is C15H16N2O5. The number of hydrogen-bond acceptors (Lipinski definition) is 6. The minimum Gasteiger partial charge on any atom is -0.493 e. The van der Waals surface area contributed by atoms with Crippen molar-refractivity contribution in [3.05, 3.63) is 45.9 Å². The number of hydrogen-bond donors (Lipinski definition) is 0. The Kier molecular flexibility index (Phi) is 4.45.